The van der Waals surface area contributed by atoms with Crippen molar-refractivity contribution in [2.45, 2.75) is 64.0 Å². The van der Waals surface area contributed by atoms with Gasteiger partial charge in [-0.15, -0.1) is 0 Å². The van der Waals surface area contributed by atoms with Gasteiger partial charge in [-0.25, -0.2) is 4.98 Å². The van der Waals surface area contributed by atoms with Gasteiger partial charge in [-0.2, -0.15) is 0 Å². The lowest BCUT2D eigenvalue weighted by atomic mass is 9.48. The molecule has 146 valence electrons. The maximum Gasteiger partial charge on any atom is 0.226 e. The molecular weight excluding hydrogens is 338 g/mol. The van der Waals surface area contributed by atoms with Gasteiger partial charge in [0.1, 0.15) is 5.82 Å². The highest BCUT2D eigenvalue weighted by Gasteiger charge is 2.58. The molecule has 3 atom stereocenters. The van der Waals surface area contributed by atoms with Gasteiger partial charge >= 0.3 is 0 Å². The Morgan fingerprint density at radius 3 is 2.78 bits per heavy atom. The van der Waals surface area contributed by atoms with Crippen LogP contribution in [0, 0.1) is 30.1 Å². The van der Waals surface area contributed by atoms with Crippen molar-refractivity contribution in [3.05, 3.63) is 23.9 Å². The van der Waals surface area contributed by atoms with Gasteiger partial charge in [0, 0.05) is 24.8 Å². The number of carbonyl (C=O) groups is 1. The van der Waals surface area contributed by atoms with E-state index in [-0.39, 0.29) is 23.5 Å². The number of amides is 1. The molecule has 1 saturated heterocycles. The first-order valence-electron chi connectivity index (χ1n) is 10.7. The lowest BCUT2D eigenvalue weighted by Crippen LogP contribution is -2.60. The minimum atomic E-state index is -0.209. The van der Waals surface area contributed by atoms with E-state index in [9.17, 15) is 9.90 Å². The molecule has 2 unspecified atom stereocenters. The SMILES string of the molecule is Cc1cccc(N2CCC[C@H](NC(=O)C34CC5CC(C3)C(O)C(C5)C4)C2)n1. The molecule has 1 aromatic rings. The van der Waals surface area contributed by atoms with Crippen LogP contribution in [0.3, 0.4) is 0 Å². The number of aliphatic hydroxyl groups excluding tert-OH is 1. The molecule has 0 aromatic carbocycles. The van der Waals surface area contributed by atoms with Crippen LogP contribution in [0.25, 0.3) is 0 Å². The number of carbonyl (C=O) groups excluding carboxylic acids is 1. The molecule has 1 amide bonds. The van der Waals surface area contributed by atoms with Crippen LogP contribution in [-0.2, 0) is 4.79 Å². The zero-order valence-electron chi connectivity index (χ0n) is 16.2. The van der Waals surface area contributed by atoms with E-state index < -0.39 is 0 Å². The summed E-state index contributed by atoms with van der Waals surface area (Å²) in [5.74, 6) is 2.63. The average molecular weight is 370 g/mol. The lowest BCUT2D eigenvalue weighted by molar-refractivity contribution is -0.163. The predicted molar refractivity (Wildman–Crippen MR) is 104 cm³/mol. The molecule has 0 radical (unpaired) electrons. The van der Waals surface area contributed by atoms with Crippen LogP contribution in [0.4, 0.5) is 5.82 Å². The normalized spacial score (nSPS) is 40.2. The van der Waals surface area contributed by atoms with Gasteiger partial charge in [0.25, 0.3) is 0 Å². The van der Waals surface area contributed by atoms with E-state index in [1.165, 1.54) is 0 Å². The fourth-order valence-electron chi connectivity index (χ4n) is 6.62. The highest BCUT2D eigenvalue weighted by molar-refractivity contribution is 5.83. The minimum absolute atomic E-state index is 0.167. The third-order valence-electron chi connectivity index (χ3n) is 7.66. The van der Waals surface area contributed by atoms with E-state index >= 15 is 0 Å². The summed E-state index contributed by atoms with van der Waals surface area (Å²) >= 11 is 0. The molecular formula is C22H31N3O2. The second-order valence-corrected chi connectivity index (χ2v) is 9.64. The Balaban J connectivity index is 1.27. The van der Waals surface area contributed by atoms with E-state index in [0.717, 1.165) is 69.5 Å². The Kier molecular flexibility index (Phi) is 4.19. The van der Waals surface area contributed by atoms with Gasteiger partial charge in [-0.3, -0.25) is 4.79 Å². The first kappa shape index (κ1) is 17.5. The van der Waals surface area contributed by atoms with Crippen LogP contribution in [0.15, 0.2) is 18.2 Å². The molecule has 4 aliphatic carbocycles. The van der Waals surface area contributed by atoms with E-state index in [4.69, 9.17) is 0 Å². The molecule has 5 nitrogen and oxygen atoms in total. The summed E-state index contributed by atoms with van der Waals surface area (Å²) < 4.78 is 0. The van der Waals surface area contributed by atoms with Gasteiger partial charge in [-0.05, 0) is 81.8 Å². The summed E-state index contributed by atoms with van der Waals surface area (Å²) in [6, 6.07) is 6.35. The molecule has 2 heterocycles. The third kappa shape index (κ3) is 3.04. The van der Waals surface area contributed by atoms with Crippen LogP contribution in [0.2, 0.25) is 0 Å². The molecule has 4 saturated carbocycles. The monoisotopic (exact) mass is 369 g/mol. The minimum Gasteiger partial charge on any atom is -0.393 e. The number of rotatable bonds is 3. The zero-order chi connectivity index (χ0) is 18.6. The van der Waals surface area contributed by atoms with Crippen molar-refractivity contribution in [1.29, 1.82) is 0 Å². The molecule has 5 fully saturated rings. The van der Waals surface area contributed by atoms with Gasteiger partial charge in [0.2, 0.25) is 5.91 Å². The quantitative estimate of drug-likeness (QED) is 0.860. The zero-order valence-corrected chi connectivity index (χ0v) is 16.2. The molecule has 27 heavy (non-hydrogen) atoms. The van der Waals surface area contributed by atoms with E-state index in [1.807, 2.05) is 13.0 Å². The number of aromatic nitrogens is 1. The average Bonchev–Trinajstić information content (AvgIpc) is 2.65. The number of nitrogens with one attached hydrogen (secondary N) is 1. The van der Waals surface area contributed by atoms with Gasteiger partial charge in [0.15, 0.2) is 0 Å². The predicted octanol–water partition coefficient (Wildman–Crippen LogP) is 2.66. The largest absolute Gasteiger partial charge is 0.393 e. The highest BCUT2D eigenvalue weighted by atomic mass is 16.3. The maximum absolute atomic E-state index is 13.3. The number of pyridine rings is 1. The topological polar surface area (TPSA) is 65.5 Å². The third-order valence-corrected chi connectivity index (χ3v) is 7.66. The van der Waals surface area contributed by atoms with E-state index in [2.05, 4.69) is 27.3 Å². The maximum atomic E-state index is 13.3. The molecule has 5 heteroatoms. The second kappa shape index (κ2) is 6.47. The van der Waals surface area contributed by atoms with Crippen LogP contribution in [-0.4, -0.2) is 41.2 Å². The Bertz CT molecular complexity index is 720. The van der Waals surface area contributed by atoms with Crippen LogP contribution in [0.1, 0.15) is 50.6 Å². The van der Waals surface area contributed by atoms with Crippen LogP contribution >= 0.6 is 0 Å². The van der Waals surface area contributed by atoms with Crippen molar-refractivity contribution in [2.75, 3.05) is 18.0 Å². The van der Waals surface area contributed by atoms with Crippen molar-refractivity contribution < 1.29 is 9.90 Å². The van der Waals surface area contributed by atoms with Crippen molar-refractivity contribution >= 4 is 11.7 Å². The second-order valence-electron chi connectivity index (χ2n) is 9.64. The highest BCUT2D eigenvalue weighted by Crippen LogP contribution is 2.60. The van der Waals surface area contributed by atoms with Crippen molar-refractivity contribution in [3.8, 4) is 0 Å². The summed E-state index contributed by atoms with van der Waals surface area (Å²) in [6.07, 6.45) is 7.04. The number of hydrogen-bond acceptors (Lipinski definition) is 4. The molecule has 2 N–H and O–H groups in total. The number of piperidine rings is 1. The Morgan fingerprint density at radius 2 is 2.04 bits per heavy atom. The molecule has 4 bridgehead atoms. The van der Waals surface area contributed by atoms with E-state index in [0.29, 0.717) is 17.8 Å². The van der Waals surface area contributed by atoms with Crippen LogP contribution < -0.4 is 10.2 Å². The summed E-state index contributed by atoms with van der Waals surface area (Å²) in [7, 11) is 0. The summed E-state index contributed by atoms with van der Waals surface area (Å²) in [5.41, 5.74) is 0.824. The van der Waals surface area contributed by atoms with Gasteiger partial charge in [-0.1, -0.05) is 6.07 Å². The number of aliphatic hydroxyl groups is 1. The summed E-state index contributed by atoms with van der Waals surface area (Å²) in [4.78, 5) is 20.3. The van der Waals surface area contributed by atoms with Gasteiger partial charge < -0.3 is 15.3 Å². The molecule has 1 aromatic heterocycles. The Hall–Kier alpha value is -1.62. The van der Waals surface area contributed by atoms with E-state index in [1.54, 1.807) is 0 Å². The number of aryl methyl sites for hydroxylation is 1. The lowest BCUT2D eigenvalue weighted by Gasteiger charge is -2.58. The molecule has 0 spiro atoms. The first-order chi connectivity index (χ1) is 13.0. The summed E-state index contributed by atoms with van der Waals surface area (Å²) in [6.45, 7) is 3.87. The number of anilines is 1. The molecule has 5 aliphatic rings. The fraction of sp³-hybridized carbons (Fsp3) is 0.727. The van der Waals surface area contributed by atoms with Gasteiger partial charge in [0.05, 0.1) is 11.5 Å². The Morgan fingerprint density at radius 1 is 1.26 bits per heavy atom. The van der Waals surface area contributed by atoms with Crippen molar-refractivity contribution in [2.24, 2.45) is 23.2 Å². The Labute approximate surface area is 161 Å². The standard InChI is InChI=1S/C22H31N3O2/c1-14-4-2-6-19(23-14)25-7-3-5-18(13-25)24-21(27)22-10-15-8-16(11-22)20(26)17(9-15)12-22/h2,4,6,15-18,20,26H,3,5,7-13H2,1H3,(H,24,27)/t15?,16?,17?,18-,20?,22?/m0/s1. The van der Waals surface area contributed by atoms with Crippen LogP contribution in [0.5, 0.6) is 0 Å². The van der Waals surface area contributed by atoms with Crippen molar-refractivity contribution in [3.63, 3.8) is 0 Å². The smallest absolute Gasteiger partial charge is 0.226 e. The molecule has 1 aliphatic heterocycles. The van der Waals surface area contributed by atoms with Crippen molar-refractivity contribution in [1.82, 2.24) is 10.3 Å². The fourth-order valence-corrected chi connectivity index (χ4v) is 6.62. The number of hydrogen-bond donors (Lipinski definition) is 2. The first-order valence-corrected chi connectivity index (χ1v) is 10.7. The summed E-state index contributed by atoms with van der Waals surface area (Å²) in [5, 5.41) is 13.9. The number of nitrogens with zero attached hydrogens (tertiary/aromatic N) is 2. The molecule has 6 rings (SSSR count).